The van der Waals surface area contributed by atoms with Crippen LogP contribution in [0, 0.1) is 0 Å². The van der Waals surface area contributed by atoms with E-state index in [0.717, 1.165) is 12.8 Å². The number of aryl methyl sites for hydroxylation is 2. The predicted molar refractivity (Wildman–Crippen MR) is 77.8 cm³/mol. The van der Waals surface area contributed by atoms with Gasteiger partial charge in [0, 0.05) is 21.8 Å². The van der Waals surface area contributed by atoms with Crippen LogP contribution < -0.4 is 5.73 Å². The third-order valence-electron chi connectivity index (χ3n) is 3.54. The predicted octanol–water partition coefficient (Wildman–Crippen LogP) is 3.64. The quantitative estimate of drug-likeness (QED) is 0.669. The first kappa shape index (κ1) is 12.2. The highest BCUT2D eigenvalue weighted by atomic mass is 35.5. The third kappa shape index (κ3) is 2.36. The molecule has 1 aliphatic carbocycles. The molecule has 0 fully saturated rings. The number of anilines is 1. The first-order chi connectivity index (χ1) is 9.13. The van der Waals surface area contributed by atoms with E-state index in [1.165, 1.54) is 17.5 Å². The molecule has 0 amide bonds. The zero-order valence-electron chi connectivity index (χ0n) is 10.4. The third-order valence-corrected chi connectivity index (χ3v) is 3.76. The lowest BCUT2D eigenvalue weighted by molar-refractivity contribution is 0.103. The highest BCUT2D eigenvalue weighted by Gasteiger charge is 2.15. The summed E-state index contributed by atoms with van der Waals surface area (Å²) in [7, 11) is 0. The van der Waals surface area contributed by atoms with Crippen molar-refractivity contribution < 1.29 is 4.79 Å². The van der Waals surface area contributed by atoms with Crippen LogP contribution in [-0.2, 0) is 12.8 Å². The van der Waals surface area contributed by atoms with Crippen molar-refractivity contribution in [3.63, 3.8) is 0 Å². The Morgan fingerprint density at radius 3 is 2.58 bits per heavy atom. The molecule has 0 heterocycles. The fraction of sp³-hybridized carbons (Fsp3) is 0.188. The summed E-state index contributed by atoms with van der Waals surface area (Å²) in [5.74, 6) is -0.0242. The second-order valence-corrected chi connectivity index (χ2v) is 5.38. The molecule has 0 saturated carbocycles. The maximum atomic E-state index is 12.4. The number of carbonyl (C=O) groups is 1. The largest absolute Gasteiger partial charge is 0.399 e. The minimum absolute atomic E-state index is 0.0242. The number of nitrogens with two attached hydrogens (primary N) is 1. The van der Waals surface area contributed by atoms with Gasteiger partial charge in [0.25, 0.3) is 0 Å². The lowest BCUT2D eigenvalue weighted by Gasteiger charge is -2.06. The first-order valence-electron chi connectivity index (χ1n) is 6.36. The first-order valence-corrected chi connectivity index (χ1v) is 6.74. The van der Waals surface area contributed by atoms with E-state index in [-0.39, 0.29) is 5.78 Å². The van der Waals surface area contributed by atoms with Gasteiger partial charge in [-0.1, -0.05) is 23.7 Å². The van der Waals surface area contributed by atoms with E-state index in [1.807, 2.05) is 12.1 Å². The number of rotatable bonds is 2. The van der Waals surface area contributed by atoms with Crippen molar-refractivity contribution in [3.8, 4) is 0 Å². The summed E-state index contributed by atoms with van der Waals surface area (Å²) in [5, 5.41) is 0.490. The second kappa shape index (κ2) is 4.71. The van der Waals surface area contributed by atoms with Crippen LogP contribution in [0.3, 0.4) is 0 Å². The number of halogens is 1. The van der Waals surface area contributed by atoms with Gasteiger partial charge in [-0.15, -0.1) is 0 Å². The molecule has 1 aliphatic rings. The molecule has 0 spiro atoms. The fourth-order valence-electron chi connectivity index (χ4n) is 2.62. The highest BCUT2D eigenvalue weighted by Crippen LogP contribution is 2.25. The highest BCUT2D eigenvalue weighted by molar-refractivity contribution is 6.31. The van der Waals surface area contributed by atoms with Gasteiger partial charge in [0.15, 0.2) is 5.78 Å². The minimum atomic E-state index is -0.0242. The molecular weight excluding hydrogens is 258 g/mol. The molecule has 96 valence electrons. The molecule has 2 nitrogen and oxygen atoms in total. The number of hydrogen-bond acceptors (Lipinski definition) is 2. The van der Waals surface area contributed by atoms with Gasteiger partial charge in [0.05, 0.1) is 0 Å². The van der Waals surface area contributed by atoms with Crippen LogP contribution in [0.2, 0.25) is 5.02 Å². The molecule has 0 aliphatic heterocycles. The standard InChI is InChI=1S/C16H14ClNO/c17-14-7-13(8-15(18)9-14)16(19)12-5-4-10-2-1-3-11(10)6-12/h4-9H,1-3,18H2. The Bertz CT molecular complexity index is 644. The van der Waals surface area contributed by atoms with Gasteiger partial charge in [0.2, 0.25) is 0 Å². The zero-order chi connectivity index (χ0) is 13.4. The van der Waals surface area contributed by atoms with Crippen LogP contribution in [0.15, 0.2) is 36.4 Å². The molecule has 3 heteroatoms. The summed E-state index contributed by atoms with van der Waals surface area (Å²) < 4.78 is 0. The summed E-state index contributed by atoms with van der Waals surface area (Å²) in [4.78, 5) is 12.4. The van der Waals surface area contributed by atoms with Crippen LogP contribution in [0.1, 0.15) is 33.5 Å². The summed E-state index contributed by atoms with van der Waals surface area (Å²) in [6.45, 7) is 0. The maximum absolute atomic E-state index is 12.4. The molecule has 3 rings (SSSR count). The Hall–Kier alpha value is -1.80. The molecular formula is C16H14ClNO. The van der Waals surface area contributed by atoms with Crippen LogP contribution in [-0.4, -0.2) is 5.78 Å². The molecule has 2 aromatic rings. The van der Waals surface area contributed by atoms with Crippen LogP contribution in [0.4, 0.5) is 5.69 Å². The van der Waals surface area contributed by atoms with Crippen molar-refractivity contribution in [2.45, 2.75) is 19.3 Å². The topological polar surface area (TPSA) is 43.1 Å². The fourth-order valence-corrected chi connectivity index (χ4v) is 2.87. The van der Waals surface area contributed by atoms with E-state index >= 15 is 0 Å². The van der Waals surface area contributed by atoms with Gasteiger partial charge in [-0.3, -0.25) is 4.79 Å². The maximum Gasteiger partial charge on any atom is 0.193 e. The van der Waals surface area contributed by atoms with E-state index in [9.17, 15) is 4.79 Å². The van der Waals surface area contributed by atoms with Crippen molar-refractivity contribution >= 4 is 23.1 Å². The van der Waals surface area contributed by atoms with Crippen LogP contribution >= 0.6 is 11.6 Å². The average Bonchev–Trinajstić information content (AvgIpc) is 2.83. The molecule has 2 N–H and O–H groups in total. The Morgan fingerprint density at radius 1 is 1.00 bits per heavy atom. The summed E-state index contributed by atoms with van der Waals surface area (Å²) in [6, 6.07) is 10.9. The molecule has 0 saturated heterocycles. The van der Waals surface area contributed by atoms with Crippen molar-refractivity contribution in [1.82, 2.24) is 0 Å². The summed E-state index contributed by atoms with van der Waals surface area (Å²) in [5.41, 5.74) is 10.2. The van der Waals surface area contributed by atoms with Crippen LogP contribution in [0.5, 0.6) is 0 Å². The molecule has 0 radical (unpaired) electrons. The number of nitrogen functional groups attached to an aromatic ring is 1. The molecule has 0 aromatic heterocycles. The van der Waals surface area contributed by atoms with E-state index in [0.29, 0.717) is 21.8 Å². The SMILES string of the molecule is Nc1cc(Cl)cc(C(=O)c2ccc3c(c2)CCC3)c1. The number of benzene rings is 2. The number of fused-ring (bicyclic) bond motifs is 1. The lowest BCUT2D eigenvalue weighted by atomic mass is 9.99. The van der Waals surface area contributed by atoms with Crippen molar-refractivity contribution in [1.29, 1.82) is 0 Å². The number of carbonyl (C=O) groups excluding carboxylic acids is 1. The van der Waals surface area contributed by atoms with Crippen molar-refractivity contribution in [2.75, 3.05) is 5.73 Å². The summed E-state index contributed by atoms with van der Waals surface area (Å²) in [6.07, 6.45) is 3.36. The number of hydrogen-bond donors (Lipinski definition) is 1. The normalized spacial score (nSPS) is 13.3. The molecule has 0 atom stereocenters. The molecule has 0 unspecified atom stereocenters. The van der Waals surface area contributed by atoms with Gasteiger partial charge in [-0.2, -0.15) is 0 Å². The van der Waals surface area contributed by atoms with Crippen LogP contribution in [0.25, 0.3) is 0 Å². The Labute approximate surface area is 117 Å². The molecule has 19 heavy (non-hydrogen) atoms. The zero-order valence-corrected chi connectivity index (χ0v) is 11.2. The smallest absolute Gasteiger partial charge is 0.193 e. The Balaban J connectivity index is 1.99. The lowest BCUT2D eigenvalue weighted by Crippen LogP contribution is -2.03. The molecule has 2 aromatic carbocycles. The minimum Gasteiger partial charge on any atom is -0.399 e. The van der Waals surface area contributed by atoms with E-state index in [1.54, 1.807) is 18.2 Å². The van der Waals surface area contributed by atoms with E-state index in [4.69, 9.17) is 17.3 Å². The Morgan fingerprint density at radius 2 is 1.79 bits per heavy atom. The van der Waals surface area contributed by atoms with E-state index < -0.39 is 0 Å². The number of ketones is 1. The molecule has 0 bridgehead atoms. The monoisotopic (exact) mass is 271 g/mol. The van der Waals surface area contributed by atoms with E-state index in [2.05, 4.69) is 6.07 Å². The van der Waals surface area contributed by atoms with Gasteiger partial charge in [-0.05, 0) is 54.7 Å². The van der Waals surface area contributed by atoms with Crippen molar-refractivity contribution in [3.05, 3.63) is 63.7 Å². The Kier molecular flexibility index (Phi) is 3.03. The van der Waals surface area contributed by atoms with Crippen molar-refractivity contribution in [2.24, 2.45) is 0 Å². The van der Waals surface area contributed by atoms with Gasteiger partial charge < -0.3 is 5.73 Å². The van der Waals surface area contributed by atoms with Gasteiger partial charge in [0.1, 0.15) is 0 Å². The average molecular weight is 272 g/mol. The van der Waals surface area contributed by atoms with Gasteiger partial charge in [-0.25, -0.2) is 0 Å². The van der Waals surface area contributed by atoms with Gasteiger partial charge >= 0.3 is 0 Å². The second-order valence-electron chi connectivity index (χ2n) is 4.94. The summed E-state index contributed by atoms with van der Waals surface area (Å²) >= 11 is 5.94.